The van der Waals surface area contributed by atoms with Crippen LogP contribution in [0.3, 0.4) is 0 Å². The molecule has 0 spiro atoms. The third-order valence-corrected chi connectivity index (χ3v) is 7.17. The molecular weight excluding hydrogens is 636 g/mol. The highest BCUT2D eigenvalue weighted by Crippen LogP contribution is 2.34. The maximum atomic E-state index is 13.7. The van der Waals surface area contributed by atoms with Gasteiger partial charge in [0.05, 0.1) is 24.2 Å². The van der Waals surface area contributed by atoms with Crippen LogP contribution in [0.1, 0.15) is 5.56 Å². The van der Waals surface area contributed by atoms with Gasteiger partial charge in [0.15, 0.2) is 23.9 Å². The molecule has 0 aliphatic rings. The molecule has 1 amide bonds. The first-order chi connectivity index (χ1) is 20.9. The van der Waals surface area contributed by atoms with E-state index in [-0.39, 0.29) is 23.7 Å². The number of carbonyl (C=O) groups is 1. The van der Waals surface area contributed by atoms with E-state index in [1.807, 2.05) is 36.4 Å². The minimum absolute atomic E-state index is 0.225. The predicted molar refractivity (Wildman–Crippen MR) is 170 cm³/mol. The van der Waals surface area contributed by atoms with Crippen LogP contribution in [0.5, 0.6) is 11.5 Å². The van der Waals surface area contributed by atoms with E-state index in [0.29, 0.717) is 48.7 Å². The second-order valence-electron chi connectivity index (χ2n) is 9.33. The van der Waals surface area contributed by atoms with Crippen LogP contribution in [0.4, 0.5) is 5.69 Å². The zero-order valence-electron chi connectivity index (χ0n) is 22.6. The molecule has 0 atom stereocenters. The smallest absolute Gasteiger partial charge is 0.282 e. The van der Waals surface area contributed by atoms with Gasteiger partial charge in [0.1, 0.15) is 5.58 Å². The fourth-order valence-corrected chi connectivity index (χ4v) is 5.04. The Kier molecular flexibility index (Phi) is 7.95. The van der Waals surface area contributed by atoms with Crippen LogP contribution >= 0.6 is 27.5 Å². The minimum atomic E-state index is -0.391. The van der Waals surface area contributed by atoms with Crippen molar-refractivity contribution < 1.29 is 18.7 Å². The quantitative estimate of drug-likeness (QED) is 0.175. The van der Waals surface area contributed by atoms with E-state index in [0.717, 1.165) is 5.39 Å². The third kappa shape index (κ3) is 6.01. The summed E-state index contributed by atoms with van der Waals surface area (Å²) in [6.45, 7) is -0.316. The molecule has 1 N–H and O–H groups in total. The lowest BCUT2D eigenvalue weighted by Crippen LogP contribution is -2.21. The number of ether oxygens (including phenoxy) is 2. The van der Waals surface area contributed by atoms with E-state index < -0.39 is 5.91 Å². The van der Waals surface area contributed by atoms with Crippen LogP contribution in [0.15, 0.2) is 110 Å². The Morgan fingerprint density at radius 3 is 2.63 bits per heavy atom. The highest BCUT2D eigenvalue weighted by Gasteiger charge is 2.18. The summed E-state index contributed by atoms with van der Waals surface area (Å²) in [5, 5.41) is 9.11. The molecule has 11 heteroatoms. The number of halogens is 2. The number of anilines is 1. The maximum absolute atomic E-state index is 13.7. The van der Waals surface area contributed by atoms with Crippen molar-refractivity contribution in [2.75, 3.05) is 19.0 Å². The van der Waals surface area contributed by atoms with E-state index in [9.17, 15) is 9.59 Å². The fourth-order valence-electron chi connectivity index (χ4n) is 4.46. The maximum Gasteiger partial charge on any atom is 0.282 e. The number of rotatable bonds is 8. The van der Waals surface area contributed by atoms with E-state index >= 15 is 0 Å². The minimum Gasteiger partial charge on any atom is -0.493 e. The number of hydrogen-bond donors (Lipinski definition) is 1. The van der Waals surface area contributed by atoms with Gasteiger partial charge in [-0.3, -0.25) is 9.59 Å². The highest BCUT2D eigenvalue weighted by atomic mass is 79.9. The Hall–Kier alpha value is -4.93. The van der Waals surface area contributed by atoms with E-state index in [4.69, 9.17) is 30.5 Å². The van der Waals surface area contributed by atoms with Crippen LogP contribution in [0.2, 0.25) is 5.02 Å². The van der Waals surface area contributed by atoms with Crippen LogP contribution in [-0.2, 0) is 4.79 Å². The number of para-hydroxylation sites is 2. The Labute approximate surface area is 258 Å². The monoisotopic (exact) mass is 656 g/mol. The molecule has 0 saturated carbocycles. The normalized spacial score (nSPS) is 11.3. The Morgan fingerprint density at radius 2 is 1.84 bits per heavy atom. The Morgan fingerprint density at radius 1 is 1.07 bits per heavy atom. The van der Waals surface area contributed by atoms with Gasteiger partial charge >= 0.3 is 0 Å². The summed E-state index contributed by atoms with van der Waals surface area (Å²) in [6.07, 6.45) is 1.45. The first-order valence-electron chi connectivity index (χ1n) is 13.0. The van der Waals surface area contributed by atoms with Gasteiger partial charge in [-0.25, -0.2) is 4.98 Å². The standard InChI is InChI=1S/C32H22BrClN4O5/c1-41-27-16-21(33)14-20(30(27)42-18-29(39)36-23-12-10-22(34)11-13-23)17-35-38-31(28-15-19-6-2-5-9-26(19)43-28)37-25-8-4-3-7-24(25)32(38)40/h2-17H,18H2,1H3,(H,36,39). The third-order valence-electron chi connectivity index (χ3n) is 6.46. The van der Waals surface area contributed by atoms with Crippen molar-refractivity contribution in [2.45, 2.75) is 0 Å². The van der Waals surface area contributed by atoms with Gasteiger partial charge in [0.25, 0.3) is 11.5 Å². The zero-order chi connectivity index (χ0) is 29.9. The van der Waals surface area contributed by atoms with E-state index in [1.165, 1.54) is 18.0 Å². The van der Waals surface area contributed by atoms with E-state index in [1.54, 1.807) is 54.6 Å². The topological polar surface area (TPSA) is 108 Å². The van der Waals surface area contributed by atoms with Crippen LogP contribution in [-0.4, -0.2) is 35.5 Å². The molecule has 43 heavy (non-hydrogen) atoms. The van der Waals surface area contributed by atoms with Crippen LogP contribution in [0, 0.1) is 0 Å². The number of furan rings is 1. The number of methoxy groups -OCH3 is 1. The van der Waals surface area contributed by atoms with Gasteiger partial charge in [-0.15, -0.1) is 0 Å². The molecule has 0 bridgehead atoms. The van der Waals surface area contributed by atoms with Crippen molar-refractivity contribution in [1.82, 2.24) is 9.66 Å². The Balaban J connectivity index is 1.39. The number of nitrogens with zero attached hydrogens (tertiary/aromatic N) is 3. The number of carbonyl (C=O) groups excluding carboxylic acids is 1. The number of nitrogens with one attached hydrogen (secondary N) is 1. The highest BCUT2D eigenvalue weighted by molar-refractivity contribution is 9.10. The summed E-state index contributed by atoms with van der Waals surface area (Å²) in [5.41, 5.74) is 1.79. The largest absolute Gasteiger partial charge is 0.493 e. The van der Waals surface area contributed by atoms with Crippen molar-refractivity contribution in [3.8, 4) is 23.1 Å². The lowest BCUT2D eigenvalue weighted by molar-refractivity contribution is -0.118. The van der Waals surface area contributed by atoms with Crippen molar-refractivity contribution in [3.05, 3.63) is 116 Å². The summed E-state index contributed by atoms with van der Waals surface area (Å²) in [6, 6.07) is 26.5. The van der Waals surface area contributed by atoms with Gasteiger partial charge in [0, 0.05) is 26.1 Å². The molecule has 6 aromatic rings. The second-order valence-corrected chi connectivity index (χ2v) is 10.7. The number of aromatic nitrogens is 2. The molecule has 0 aliphatic heterocycles. The van der Waals surface area contributed by atoms with Gasteiger partial charge in [-0.05, 0) is 60.7 Å². The summed E-state index contributed by atoms with van der Waals surface area (Å²) >= 11 is 9.41. The second kappa shape index (κ2) is 12.1. The van der Waals surface area contributed by atoms with Gasteiger partial charge in [0.2, 0.25) is 5.82 Å². The average molecular weight is 658 g/mol. The van der Waals surface area contributed by atoms with Gasteiger partial charge in [-0.2, -0.15) is 9.78 Å². The van der Waals surface area contributed by atoms with E-state index in [2.05, 4.69) is 26.3 Å². The molecule has 2 heterocycles. The lowest BCUT2D eigenvalue weighted by Gasteiger charge is -2.14. The van der Waals surface area contributed by atoms with Gasteiger partial charge < -0.3 is 19.2 Å². The molecule has 214 valence electrons. The van der Waals surface area contributed by atoms with Crippen molar-refractivity contribution in [2.24, 2.45) is 5.10 Å². The molecule has 0 aliphatic carbocycles. The van der Waals surface area contributed by atoms with Crippen LogP contribution in [0.25, 0.3) is 33.5 Å². The first kappa shape index (κ1) is 28.2. The molecule has 4 aromatic carbocycles. The number of hydrogen-bond acceptors (Lipinski definition) is 7. The Bertz CT molecular complexity index is 2040. The average Bonchev–Trinajstić information content (AvgIpc) is 3.45. The molecule has 0 fully saturated rings. The summed E-state index contributed by atoms with van der Waals surface area (Å²) in [4.78, 5) is 31.1. The molecule has 2 aromatic heterocycles. The SMILES string of the molecule is COc1cc(Br)cc(C=Nn2c(-c3cc4ccccc4o3)nc3ccccc3c2=O)c1OCC(=O)Nc1ccc(Cl)cc1. The summed E-state index contributed by atoms with van der Waals surface area (Å²) in [7, 11) is 1.49. The summed E-state index contributed by atoms with van der Waals surface area (Å²) < 4.78 is 19.4. The van der Waals surface area contributed by atoms with Gasteiger partial charge in [-0.1, -0.05) is 57.9 Å². The number of fused-ring (bicyclic) bond motifs is 2. The lowest BCUT2D eigenvalue weighted by atomic mass is 10.2. The molecule has 9 nitrogen and oxygen atoms in total. The van der Waals surface area contributed by atoms with Crippen LogP contribution < -0.4 is 20.3 Å². The molecule has 0 saturated heterocycles. The number of amides is 1. The molecular formula is C32H22BrClN4O5. The summed E-state index contributed by atoms with van der Waals surface area (Å²) in [5.74, 6) is 0.827. The molecule has 6 rings (SSSR count). The molecule has 0 radical (unpaired) electrons. The predicted octanol–water partition coefficient (Wildman–Crippen LogP) is 7.13. The number of benzene rings is 4. The zero-order valence-corrected chi connectivity index (χ0v) is 24.9. The van der Waals surface area contributed by atoms with Crippen molar-refractivity contribution >= 4 is 67.2 Å². The van der Waals surface area contributed by atoms with Crippen molar-refractivity contribution in [1.29, 1.82) is 0 Å². The fraction of sp³-hybridized carbons (Fsp3) is 0.0625. The molecule has 0 unspecified atom stereocenters. The van der Waals surface area contributed by atoms with Crippen molar-refractivity contribution in [3.63, 3.8) is 0 Å². The first-order valence-corrected chi connectivity index (χ1v) is 14.2.